The summed E-state index contributed by atoms with van der Waals surface area (Å²) in [6.45, 7) is 5.43. The monoisotopic (exact) mass is 243 g/mol. The number of nitrogens with one attached hydrogen (secondary N) is 1. The van der Waals surface area contributed by atoms with Crippen LogP contribution in [-0.4, -0.2) is 34.5 Å². The minimum Gasteiger partial charge on any atom is -0.480 e. The fourth-order valence-corrected chi connectivity index (χ4v) is 1.67. The fourth-order valence-electron chi connectivity index (χ4n) is 0.978. The molecule has 0 aliphatic carbocycles. The second-order valence-corrected chi connectivity index (χ2v) is 4.37. The molecular formula is C11H17NO3S. The molecule has 1 unspecified atom stereocenters. The highest BCUT2D eigenvalue weighted by molar-refractivity contribution is 7.99. The van der Waals surface area contributed by atoms with Crippen LogP contribution in [0.15, 0.2) is 24.8 Å². The third kappa shape index (κ3) is 7.11. The molecule has 90 valence electrons. The van der Waals surface area contributed by atoms with Crippen LogP contribution in [0.2, 0.25) is 0 Å². The number of aliphatic carboxylic acids is 1. The van der Waals surface area contributed by atoms with E-state index in [0.29, 0.717) is 6.42 Å². The largest absolute Gasteiger partial charge is 0.480 e. The maximum atomic E-state index is 11.2. The summed E-state index contributed by atoms with van der Waals surface area (Å²) in [6.07, 6.45) is 4.62. The average molecular weight is 243 g/mol. The fraction of sp³-hybridized carbons (Fsp3) is 0.455. The predicted molar refractivity (Wildman–Crippen MR) is 66.5 cm³/mol. The lowest BCUT2D eigenvalue weighted by atomic mass is 10.2. The first-order valence-electron chi connectivity index (χ1n) is 5.02. The van der Waals surface area contributed by atoms with Gasteiger partial charge in [0, 0.05) is 6.08 Å². The van der Waals surface area contributed by atoms with E-state index in [9.17, 15) is 9.59 Å². The van der Waals surface area contributed by atoms with E-state index in [0.717, 1.165) is 11.5 Å². The van der Waals surface area contributed by atoms with Gasteiger partial charge in [0.2, 0.25) is 5.91 Å². The van der Waals surface area contributed by atoms with Crippen molar-refractivity contribution in [3.63, 3.8) is 0 Å². The first-order chi connectivity index (χ1) is 7.61. The SMILES string of the molecule is C=C/C=C/C(=O)NC(CCSCC)C(=O)O. The summed E-state index contributed by atoms with van der Waals surface area (Å²) in [5.41, 5.74) is 0. The van der Waals surface area contributed by atoms with Crippen LogP contribution in [-0.2, 0) is 9.59 Å². The smallest absolute Gasteiger partial charge is 0.326 e. The topological polar surface area (TPSA) is 66.4 Å². The summed E-state index contributed by atoms with van der Waals surface area (Å²) in [6, 6.07) is -0.819. The van der Waals surface area contributed by atoms with E-state index < -0.39 is 17.9 Å². The number of carboxylic acid groups (broad SMARTS) is 1. The van der Waals surface area contributed by atoms with Gasteiger partial charge in [0.25, 0.3) is 0 Å². The van der Waals surface area contributed by atoms with Crippen LogP contribution in [0.25, 0.3) is 0 Å². The molecule has 0 radical (unpaired) electrons. The summed E-state index contributed by atoms with van der Waals surface area (Å²) in [5, 5.41) is 11.3. The lowest BCUT2D eigenvalue weighted by molar-refractivity contribution is -0.141. The highest BCUT2D eigenvalue weighted by atomic mass is 32.2. The van der Waals surface area contributed by atoms with Crippen molar-refractivity contribution >= 4 is 23.6 Å². The Balaban J connectivity index is 4.12. The van der Waals surface area contributed by atoms with Gasteiger partial charge in [-0.25, -0.2) is 4.79 Å². The second kappa shape index (κ2) is 9.03. The Bertz CT molecular complexity index is 276. The Hall–Kier alpha value is -1.23. The Morgan fingerprint density at radius 1 is 1.56 bits per heavy atom. The molecule has 2 N–H and O–H groups in total. The second-order valence-electron chi connectivity index (χ2n) is 2.98. The summed E-state index contributed by atoms with van der Waals surface area (Å²) in [5.74, 6) is 0.251. The van der Waals surface area contributed by atoms with Gasteiger partial charge in [0.1, 0.15) is 6.04 Å². The molecule has 5 heteroatoms. The maximum Gasteiger partial charge on any atom is 0.326 e. The molecule has 0 spiro atoms. The normalized spacial score (nSPS) is 12.3. The van der Waals surface area contributed by atoms with Crippen molar-refractivity contribution in [2.75, 3.05) is 11.5 Å². The molecule has 0 aliphatic rings. The van der Waals surface area contributed by atoms with Gasteiger partial charge in [-0.2, -0.15) is 11.8 Å². The molecule has 0 aromatic carbocycles. The third-order valence-electron chi connectivity index (χ3n) is 1.75. The van der Waals surface area contributed by atoms with Gasteiger partial charge in [-0.05, 0) is 17.9 Å². The van der Waals surface area contributed by atoms with Crippen molar-refractivity contribution in [2.45, 2.75) is 19.4 Å². The first-order valence-corrected chi connectivity index (χ1v) is 6.17. The molecule has 0 heterocycles. The van der Waals surface area contributed by atoms with Crippen molar-refractivity contribution in [3.8, 4) is 0 Å². The molecule has 0 aliphatic heterocycles. The Morgan fingerprint density at radius 2 is 2.25 bits per heavy atom. The van der Waals surface area contributed by atoms with Gasteiger partial charge in [0.15, 0.2) is 0 Å². The first kappa shape index (κ1) is 14.8. The summed E-state index contributed by atoms with van der Waals surface area (Å²) >= 11 is 1.65. The van der Waals surface area contributed by atoms with Crippen LogP contribution in [0.5, 0.6) is 0 Å². The van der Waals surface area contributed by atoms with Gasteiger partial charge in [-0.1, -0.05) is 25.7 Å². The molecule has 0 saturated heterocycles. The van der Waals surface area contributed by atoms with E-state index in [1.807, 2.05) is 6.92 Å². The van der Waals surface area contributed by atoms with Crippen molar-refractivity contribution in [2.24, 2.45) is 0 Å². The van der Waals surface area contributed by atoms with Crippen LogP contribution in [0, 0.1) is 0 Å². The Morgan fingerprint density at radius 3 is 2.75 bits per heavy atom. The van der Waals surface area contributed by atoms with Crippen LogP contribution >= 0.6 is 11.8 Å². The standard InChI is InChI=1S/C11H17NO3S/c1-3-5-6-10(13)12-9(11(14)15)7-8-16-4-2/h3,5-6,9H,1,4,7-8H2,2H3,(H,12,13)(H,14,15)/b6-5+. The quantitative estimate of drug-likeness (QED) is 0.384. The summed E-state index contributed by atoms with van der Waals surface area (Å²) in [7, 11) is 0. The van der Waals surface area contributed by atoms with Crippen LogP contribution in [0.4, 0.5) is 0 Å². The lowest BCUT2D eigenvalue weighted by Crippen LogP contribution is -2.40. The zero-order valence-electron chi connectivity index (χ0n) is 9.31. The number of allylic oxidation sites excluding steroid dienone is 2. The number of carbonyl (C=O) groups excluding carboxylic acids is 1. The molecule has 4 nitrogen and oxygen atoms in total. The van der Waals surface area contributed by atoms with E-state index in [1.54, 1.807) is 11.8 Å². The van der Waals surface area contributed by atoms with Crippen molar-refractivity contribution in [1.29, 1.82) is 0 Å². The highest BCUT2D eigenvalue weighted by Gasteiger charge is 2.17. The third-order valence-corrected chi connectivity index (χ3v) is 2.69. The van der Waals surface area contributed by atoms with E-state index >= 15 is 0 Å². The molecule has 1 amide bonds. The Labute approximate surface area is 99.8 Å². The molecule has 0 aromatic heterocycles. The Kier molecular flexibility index (Phi) is 8.34. The van der Waals surface area contributed by atoms with E-state index in [2.05, 4.69) is 11.9 Å². The predicted octanol–water partition coefficient (Wildman–Crippen LogP) is 1.44. The number of thioether (sulfide) groups is 1. The van der Waals surface area contributed by atoms with Gasteiger partial charge < -0.3 is 10.4 Å². The van der Waals surface area contributed by atoms with E-state index in [4.69, 9.17) is 5.11 Å². The zero-order valence-corrected chi connectivity index (χ0v) is 10.1. The number of carbonyl (C=O) groups is 2. The van der Waals surface area contributed by atoms with Crippen LogP contribution < -0.4 is 5.32 Å². The lowest BCUT2D eigenvalue weighted by Gasteiger charge is -2.12. The summed E-state index contributed by atoms with van der Waals surface area (Å²) < 4.78 is 0. The van der Waals surface area contributed by atoms with Crippen LogP contribution in [0.3, 0.4) is 0 Å². The van der Waals surface area contributed by atoms with Crippen molar-refractivity contribution in [1.82, 2.24) is 5.32 Å². The number of rotatable bonds is 8. The van der Waals surface area contributed by atoms with Crippen molar-refractivity contribution < 1.29 is 14.7 Å². The maximum absolute atomic E-state index is 11.2. The molecule has 0 bridgehead atoms. The van der Waals surface area contributed by atoms with Crippen molar-refractivity contribution in [3.05, 3.63) is 24.8 Å². The summed E-state index contributed by atoms with van der Waals surface area (Å²) in [4.78, 5) is 22.1. The number of hydrogen-bond acceptors (Lipinski definition) is 3. The van der Waals surface area contributed by atoms with Crippen LogP contribution in [0.1, 0.15) is 13.3 Å². The molecule has 16 heavy (non-hydrogen) atoms. The van der Waals surface area contributed by atoms with E-state index in [-0.39, 0.29) is 0 Å². The molecule has 1 atom stereocenters. The number of carboxylic acids is 1. The molecule has 0 saturated carbocycles. The molecular weight excluding hydrogens is 226 g/mol. The van der Waals surface area contributed by atoms with Gasteiger partial charge in [-0.3, -0.25) is 4.79 Å². The molecule has 0 rings (SSSR count). The number of amides is 1. The van der Waals surface area contributed by atoms with Gasteiger partial charge in [-0.15, -0.1) is 0 Å². The highest BCUT2D eigenvalue weighted by Crippen LogP contribution is 2.04. The number of hydrogen-bond donors (Lipinski definition) is 2. The van der Waals surface area contributed by atoms with E-state index in [1.165, 1.54) is 18.2 Å². The zero-order chi connectivity index (χ0) is 12.4. The minimum atomic E-state index is -1.00. The average Bonchev–Trinajstić information content (AvgIpc) is 2.25. The molecule has 0 aromatic rings. The van der Waals surface area contributed by atoms with Gasteiger partial charge >= 0.3 is 5.97 Å². The molecule has 0 fully saturated rings. The van der Waals surface area contributed by atoms with Gasteiger partial charge in [0.05, 0.1) is 0 Å². The minimum absolute atomic E-state index is 0.409.